The number of hydrogen-bond donors (Lipinski definition) is 3. The summed E-state index contributed by atoms with van der Waals surface area (Å²) in [6.07, 6.45) is 1.29. The van der Waals surface area contributed by atoms with E-state index in [2.05, 4.69) is 10.3 Å². The Morgan fingerprint density at radius 1 is 1.25 bits per heavy atom. The number of aromatic carboxylic acids is 1. The first-order valence-electron chi connectivity index (χ1n) is 5.53. The molecule has 6 nitrogen and oxygen atoms in total. The molecule has 0 aliphatic heterocycles. The zero-order chi connectivity index (χ0) is 14.7. The molecule has 2 aromatic rings. The van der Waals surface area contributed by atoms with Crippen LogP contribution in [0.25, 0.3) is 0 Å². The van der Waals surface area contributed by atoms with Crippen LogP contribution in [0.2, 0.25) is 0 Å². The van der Waals surface area contributed by atoms with Gasteiger partial charge in [-0.25, -0.2) is 14.2 Å². The highest BCUT2D eigenvalue weighted by Crippen LogP contribution is 2.19. The van der Waals surface area contributed by atoms with Gasteiger partial charge in [0, 0.05) is 0 Å². The molecule has 1 aromatic carbocycles. The predicted octanol–water partition coefficient (Wildman–Crippen LogP) is 1.75. The van der Waals surface area contributed by atoms with Crippen molar-refractivity contribution in [1.29, 1.82) is 0 Å². The van der Waals surface area contributed by atoms with Crippen LogP contribution in [-0.2, 0) is 0 Å². The zero-order valence-corrected chi connectivity index (χ0v) is 10.1. The standard InChI is InChI=1S/C13H10FN3O3/c14-8-2-1-3-9(11(8)13(19)20)17-12(18)10-5-4-7(15)6-16-10/h1-6H,15H2,(H,17,18)(H,19,20). The second kappa shape index (κ2) is 5.35. The minimum atomic E-state index is -1.47. The molecule has 0 spiro atoms. The average Bonchev–Trinajstić information content (AvgIpc) is 2.39. The number of nitrogens with one attached hydrogen (secondary N) is 1. The van der Waals surface area contributed by atoms with Crippen molar-refractivity contribution in [3.05, 3.63) is 53.6 Å². The highest BCUT2D eigenvalue weighted by atomic mass is 19.1. The number of nitrogens with two attached hydrogens (primary N) is 1. The summed E-state index contributed by atoms with van der Waals surface area (Å²) in [5.41, 5.74) is 5.13. The zero-order valence-electron chi connectivity index (χ0n) is 10.1. The van der Waals surface area contributed by atoms with E-state index in [1.807, 2.05) is 0 Å². The highest BCUT2D eigenvalue weighted by molar-refractivity contribution is 6.06. The fourth-order valence-electron chi connectivity index (χ4n) is 1.57. The van der Waals surface area contributed by atoms with Crippen LogP contribution in [0, 0.1) is 5.82 Å². The van der Waals surface area contributed by atoms with Gasteiger partial charge in [0.05, 0.1) is 17.6 Å². The van der Waals surface area contributed by atoms with Crippen molar-refractivity contribution in [1.82, 2.24) is 4.98 Å². The molecule has 1 aromatic heterocycles. The normalized spacial score (nSPS) is 10.1. The summed E-state index contributed by atoms with van der Waals surface area (Å²) in [6.45, 7) is 0. The average molecular weight is 275 g/mol. The Balaban J connectivity index is 2.30. The Morgan fingerprint density at radius 2 is 2.00 bits per heavy atom. The van der Waals surface area contributed by atoms with Gasteiger partial charge >= 0.3 is 5.97 Å². The first kappa shape index (κ1) is 13.5. The summed E-state index contributed by atoms with van der Waals surface area (Å²) in [7, 11) is 0. The van der Waals surface area contributed by atoms with Crippen molar-refractivity contribution in [2.45, 2.75) is 0 Å². The van der Waals surface area contributed by atoms with Crippen LogP contribution in [0.5, 0.6) is 0 Å². The van der Waals surface area contributed by atoms with Crippen molar-refractivity contribution in [3.63, 3.8) is 0 Å². The SMILES string of the molecule is Nc1ccc(C(=O)Nc2cccc(F)c2C(=O)O)nc1. The lowest BCUT2D eigenvalue weighted by Gasteiger charge is -2.08. The monoisotopic (exact) mass is 275 g/mol. The van der Waals surface area contributed by atoms with Crippen molar-refractivity contribution < 1.29 is 19.1 Å². The number of nitrogen functional groups attached to an aromatic ring is 1. The molecule has 102 valence electrons. The maximum absolute atomic E-state index is 13.4. The molecule has 20 heavy (non-hydrogen) atoms. The molecule has 0 unspecified atom stereocenters. The van der Waals surface area contributed by atoms with Crippen LogP contribution in [0.1, 0.15) is 20.8 Å². The number of carboxylic acid groups (broad SMARTS) is 1. The Hall–Kier alpha value is -2.96. The van der Waals surface area contributed by atoms with Gasteiger partial charge in [-0.1, -0.05) is 6.07 Å². The number of nitrogens with zero attached hydrogens (tertiary/aromatic N) is 1. The van der Waals surface area contributed by atoms with Crippen LogP contribution in [0.15, 0.2) is 36.5 Å². The highest BCUT2D eigenvalue weighted by Gasteiger charge is 2.18. The summed E-state index contributed by atoms with van der Waals surface area (Å²) in [4.78, 5) is 26.7. The van der Waals surface area contributed by atoms with Crippen molar-refractivity contribution in [3.8, 4) is 0 Å². The first-order chi connectivity index (χ1) is 9.49. The lowest BCUT2D eigenvalue weighted by atomic mass is 10.1. The molecule has 4 N–H and O–H groups in total. The van der Waals surface area contributed by atoms with E-state index >= 15 is 0 Å². The molecule has 0 radical (unpaired) electrons. The largest absolute Gasteiger partial charge is 0.478 e. The molecule has 0 saturated carbocycles. The topological polar surface area (TPSA) is 105 Å². The molecule has 0 aliphatic rings. The lowest BCUT2D eigenvalue weighted by Crippen LogP contribution is -2.17. The fourth-order valence-corrected chi connectivity index (χ4v) is 1.57. The molecule has 7 heteroatoms. The number of amides is 1. The Morgan fingerprint density at radius 3 is 2.60 bits per heavy atom. The van der Waals surface area contributed by atoms with Gasteiger partial charge in [-0.05, 0) is 24.3 Å². The van der Waals surface area contributed by atoms with E-state index in [1.54, 1.807) is 0 Å². The van der Waals surface area contributed by atoms with Crippen molar-refractivity contribution in [2.75, 3.05) is 11.1 Å². The molecule has 0 saturated heterocycles. The van der Waals surface area contributed by atoms with E-state index in [4.69, 9.17) is 10.8 Å². The number of halogens is 1. The molecule has 1 amide bonds. The number of aromatic nitrogens is 1. The smallest absolute Gasteiger partial charge is 0.340 e. The van der Waals surface area contributed by atoms with E-state index in [0.717, 1.165) is 6.07 Å². The third kappa shape index (κ3) is 2.72. The third-order valence-corrected chi connectivity index (χ3v) is 2.49. The summed E-state index contributed by atoms with van der Waals surface area (Å²) in [6, 6.07) is 6.45. The Bertz CT molecular complexity index is 671. The molecule has 0 fully saturated rings. The molecule has 1 heterocycles. The molecular formula is C13H10FN3O3. The van der Waals surface area contributed by atoms with Crippen LogP contribution in [-0.4, -0.2) is 22.0 Å². The van der Waals surface area contributed by atoms with E-state index in [0.29, 0.717) is 5.69 Å². The number of hydrogen-bond acceptors (Lipinski definition) is 4. The maximum atomic E-state index is 13.4. The van der Waals surface area contributed by atoms with E-state index in [1.165, 1.54) is 30.5 Å². The van der Waals surface area contributed by atoms with Crippen LogP contribution < -0.4 is 11.1 Å². The van der Waals surface area contributed by atoms with Gasteiger partial charge < -0.3 is 16.2 Å². The summed E-state index contributed by atoms with van der Waals surface area (Å²) in [5, 5.41) is 11.2. The van der Waals surface area contributed by atoms with E-state index in [9.17, 15) is 14.0 Å². The number of pyridine rings is 1. The lowest BCUT2D eigenvalue weighted by molar-refractivity contribution is 0.0693. The van der Waals surface area contributed by atoms with Gasteiger partial charge in [0.25, 0.3) is 5.91 Å². The predicted molar refractivity (Wildman–Crippen MR) is 70.0 cm³/mol. The van der Waals surface area contributed by atoms with E-state index in [-0.39, 0.29) is 11.4 Å². The Kier molecular flexibility index (Phi) is 3.60. The van der Waals surface area contributed by atoms with Crippen molar-refractivity contribution in [2.24, 2.45) is 0 Å². The number of carbonyl (C=O) groups excluding carboxylic acids is 1. The van der Waals surface area contributed by atoms with Gasteiger partial charge in [-0.15, -0.1) is 0 Å². The van der Waals surface area contributed by atoms with Gasteiger partial charge in [0.15, 0.2) is 0 Å². The fraction of sp³-hybridized carbons (Fsp3) is 0. The van der Waals surface area contributed by atoms with Crippen LogP contribution >= 0.6 is 0 Å². The molecular weight excluding hydrogens is 265 g/mol. The minimum Gasteiger partial charge on any atom is -0.478 e. The quantitative estimate of drug-likeness (QED) is 0.791. The first-order valence-corrected chi connectivity index (χ1v) is 5.53. The maximum Gasteiger partial charge on any atom is 0.340 e. The van der Waals surface area contributed by atoms with Gasteiger partial charge in [0.2, 0.25) is 0 Å². The second-order valence-electron chi connectivity index (χ2n) is 3.90. The summed E-state index contributed by atoms with van der Waals surface area (Å²) < 4.78 is 13.4. The summed E-state index contributed by atoms with van der Waals surface area (Å²) >= 11 is 0. The number of anilines is 2. The van der Waals surface area contributed by atoms with Crippen LogP contribution in [0.3, 0.4) is 0 Å². The van der Waals surface area contributed by atoms with Gasteiger partial charge in [-0.3, -0.25) is 4.79 Å². The minimum absolute atomic E-state index is 0.0415. The number of rotatable bonds is 3. The number of benzene rings is 1. The number of carboxylic acids is 1. The van der Waals surface area contributed by atoms with Gasteiger partial charge in [-0.2, -0.15) is 0 Å². The van der Waals surface area contributed by atoms with E-state index < -0.39 is 23.3 Å². The Labute approximate surface area is 113 Å². The molecule has 2 rings (SSSR count). The van der Waals surface area contributed by atoms with Crippen molar-refractivity contribution >= 4 is 23.3 Å². The number of carbonyl (C=O) groups is 2. The molecule has 0 bridgehead atoms. The molecule has 0 atom stereocenters. The second-order valence-corrected chi connectivity index (χ2v) is 3.90. The third-order valence-electron chi connectivity index (χ3n) is 2.49. The summed E-state index contributed by atoms with van der Waals surface area (Å²) in [5.74, 6) is -3.05. The van der Waals surface area contributed by atoms with Gasteiger partial charge in [0.1, 0.15) is 17.1 Å². The molecule has 0 aliphatic carbocycles. The van der Waals surface area contributed by atoms with Crippen LogP contribution in [0.4, 0.5) is 15.8 Å².